The molecule has 4 N–H and O–H groups in total. The van der Waals surface area contributed by atoms with Gasteiger partial charge >= 0.3 is 19.8 Å². The van der Waals surface area contributed by atoms with E-state index in [4.69, 9.17) is 19.1 Å². The van der Waals surface area contributed by atoms with Crippen molar-refractivity contribution in [3.05, 3.63) is 97.2 Å². The maximum atomic E-state index is 12.6. The summed E-state index contributed by atoms with van der Waals surface area (Å²) in [6.07, 6.45) is 49.4. The molecule has 0 aliphatic heterocycles. The zero-order valence-electron chi connectivity index (χ0n) is 36.7. The van der Waals surface area contributed by atoms with Gasteiger partial charge in [0.1, 0.15) is 12.7 Å². The van der Waals surface area contributed by atoms with E-state index in [2.05, 4.69) is 96.5 Å². The summed E-state index contributed by atoms with van der Waals surface area (Å²) in [5.41, 5.74) is 0. The Kier molecular flexibility index (Phi) is 40.3. The van der Waals surface area contributed by atoms with Crippen LogP contribution in [0.3, 0.4) is 0 Å². The van der Waals surface area contributed by atoms with Crippen LogP contribution >= 0.6 is 7.82 Å². The Morgan fingerprint density at radius 3 is 1.47 bits per heavy atom. The van der Waals surface area contributed by atoms with Crippen LogP contribution in [0.25, 0.3) is 0 Å². The van der Waals surface area contributed by atoms with Crippen LogP contribution < -0.4 is 0 Å². The average Bonchev–Trinajstić information content (AvgIpc) is 3.22. The van der Waals surface area contributed by atoms with E-state index in [0.29, 0.717) is 19.3 Å². The van der Waals surface area contributed by atoms with Gasteiger partial charge in [-0.15, -0.1) is 0 Å². The van der Waals surface area contributed by atoms with Crippen LogP contribution in [0.15, 0.2) is 97.2 Å². The zero-order chi connectivity index (χ0) is 44.2. The fourth-order valence-electron chi connectivity index (χ4n) is 5.28. The highest BCUT2D eigenvalue weighted by Gasteiger charge is 2.27. The summed E-state index contributed by atoms with van der Waals surface area (Å²) in [6, 6.07) is 0. The Balaban J connectivity index is 4.46. The lowest BCUT2D eigenvalue weighted by Gasteiger charge is -2.20. The molecule has 0 amide bonds. The van der Waals surface area contributed by atoms with Crippen molar-refractivity contribution in [1.82, 2.24) is 0 Å². The number of aliphatic hydroxyl groups excluding tert-OH is 3. The summed E-state index contributed by atoms with van der Waals surface area (Å²) in [6.45, 7) is 1.77. The zero-order valence-corrected chi connectivity index (χ0v) is 37.6. The molecule has 1 unspecified atom stereocenters. The van der Waals surface area contributed by atoms with Gasteiger partial charge in [0.25, 0.3) is 0 Å². The number of hydrogen-bond acceptors (Lipinski definition) is 10. The molecule has 0 aromatic rings. The van der Waals surface area contributed by atoms with Gasteiger partial charge in [-0.25, -0.2) is 4.57 Å². The predicted octanol–water partition coefficient (Wildman–Crippen LogP) is 11.0. The maximum Gasteiger partial charge on any atom is 0.472 e. The summed E-state index contributed by atoms with van der Waals surface area (Å²) in [5, 5.41) is 27.6. The van der Waals surface area contributed by atoms with E-state index in [0.717, 1.165) is 77.0 Å². The summed E-state index contributed by atoms with van der Waals surface area (Å²) >= 11 is 0. The van der Waals surface area contributed by atoms with Crippen molar-refractivity contribution >= 4 is 19.8 Å². The maximum absolute atomic E-state index is 12.6. The van der Waals surface area contributed by atoms with E-state index in [1.54, 1.807) is 0 Å². The lowest BCUT2D eigenvalue weighted by molar-refractivity contribution is -0.161. The first-order valence-electron chi connectivity index (χ1n) is 22.2. The molecular weight excluding hydrogens is 783 g/mol. The standard InChI is InChI=1S/C48H79O11P/c1-3-4-5-6-7-8-9-10-11-12-13-14-17-20-23-26-29-32-35-38-47(52)56-42-46(43-58-60(54,55)57-41-45(51)40-49)59-48(53)39-36-33-30-27-24-21-18-15-16-19-22-25-28-31-34-37-44(2)50/h7-8,10-11,13-14,16,18-21,23,25,27-28,30,44-46,49-51H,3-6,9,12,15,17,22,24,26,29,31-43H2,1-2H3,(H,54,55)/b8-7-,11-10-,14-13-,19-16-,21-18-,23-20-,28-25-,30-27-/t44-,45-,46+/m0/s1. The van der Waals surface area contributed by atoms with Gasteiger partial charge in [-0.2, -0.15) is 0 Å². The Hall–Kier alpha value is -3.15. The third kappa shape index (κ3) is 43.0. The number of esters is 2. The van der Waals surface area contributed by atoms with Gasteiger partial charge in [-0.3, -0.25) is 18.6 Å². The summed E-state index contributed by atoms with van der Waals surface area (Å²) in [4.78, 5) is 35.0. The number of allylic oxidation sites excluding steroid dienone is 16. The molecule has 342 valence electrons. The molecule has 0 aliphatic rings. The molecule has 0 aliphatic carbocycles. The topological polar surface area (TPSA) is 169 Å². The molecule has 0 heterocycles. The summed E-state index contributed by atoms with van der Waals surface area (Å²) in [7, 11) is -4.66. The number of ether oxygens (including phenoxy) is 2. The third-order valence-electron chi connectivity index (χ3n) is 8.73. The molecular formula is C48H79O11P. The Morgan fingerprint density at radius 2 is 0.983 bits per heavy atom. The van der Waals surface area contributed by atoms with Crippen molar-refractivity contribution < 1.29 is 52.9 Å². The van der Waals surface area contributed by atoms with Crippen LogP contribution in [0.4, 0.5) is 0 Å². The van der Waals surface area contributed by atoms with Gasteiger partial charge in [-0.1, -0.05) is 123 Å². The number of carbonyl (C=O) groups is 2. The Bertz CT molecular complexity index is 1330. The minimum absolute atomic E-state index is 0.0832. The normalized spacial score (nSPS) is 15.2. The van der Waals surface area contributed by atoms with Crippen molar-refractivity contribution in [2.45, 2.75) is 167 Å². The summed E-state index contributed by atoms with van der Waals surface area (Å²) in [5.74, 6) is -1.05. The monoisotopic (exact) mass is 863 g/mol. The summed E-state index contributed by atoms with van der Waals surface area (Å²) < 4.78 is 32.6. The predicted molar refractivity (Wildman–Crippen MR) is 243 cm³/mol. The highest BCUT2D eigenvalue weighted by molar-refractivity contribution is 7.47. The molecule has 0 aromatic carbocycles. The van der Waals surface area contributed by atoms with Crippen molar-refractivity contribution in [1.29, 1.82) is 0 Å². The van der Waals surface area contributed by atoms with Gasteiger partial charge in [0.2, 0.25) is 0 Å². The van der Waals surface area contributed by atoms with E-state index in [1.807, 2.05) is 19.1 Å². The van der Waals surface area contributed by atoms with Gasteiger partial charge in [0.05, 0.1) is 25.9 Å². The quantitative estimate of drug-likeness (QED) is 0.0200. The molecule has 0 saturated heterocycles. The van der Waals surface area contributed by atoms with Gasteiger partial charge < -0.3 is 29.7 Å². The van der Waals surface area contributed by atoms with Crippen LogP contribution in [0.1, 0.15) is 149 Å². The second-order valence-electron chi connectivity index (χ2n) is 14.6. The van der Waals surface area contributed by atoms with Crippen LogP contribution in [0, 0.1) is 0 Å². The molecule has 0 fully saturated rings. The SMILES string of the molecule is CCCCC/C=C\C/C=C\C/C=C\C/C=C\CCCCCC(=O)OC[C@H](COP(=O)(O)OC[C@@H](O)CO)OC(=O)CCC/C=C\C/C=C\C/C=C\C/C=C\CCC[C@H](C)O. The molecule has 0 radical (unpaired) electrons. The number of hydrogen-bond donors (Lipinski definition) is 4. The minimum Gasteiger partial charge on any atom is -0.462 e. The number of rotatable bonds is 40. The molecule has 0 saturated carbocycles. The van der Waals surface area contributed by atoms with Crippen molar-refractivity contribution in [3.63, 3.8) is 0 Å². The number of aliphatic hydroxyl groups is 3. The second kappa shape index (κ2) is 42.5. The first kappa shape index (κ1) is 56.9. The van der Waals surface area contributed by atoms with Gasteiger partial charge in [-0.05, 0) is 110 Å². The highest BCUT2D eigenvalue weighted by atomic mass is 31.2. The van der Waals surface area contributed by atoms with E-state index in [-0.39, 0.29) is 25.6 Å². The first-order valence-corrected chi connectivity index (χ1v) is 23.7. The largest absolute Gasteiger partial charge is 0.472 e. The van der Waals surface area contributed by atoms with E-state index < -0.39 is 51.8 Å². The van der Waals surface area contributed by atoms with Crippen LogP contribution in [0.5, 0.6) is 0 Å². The van der Waals surface area contributed by atoms with Crippen LogP contribution in [-0.4, -0.2) is 76.9 Å². The second-order valence-corrected chi connectivity index (χ2v) is 16.1. The van der Waals surface area contributed by atoms with E-state index in [1.165, 1.54) is 25.7 Å². The smallest absolute Gasteiger partial charge is 0.462 e. The fourth-order valence-corrected chi connectivity index (χ4v) is 6.07. The number of phosphoric acid groups is 1. The third-order valence-corrected chi connectivity index (χ3v) is 9.68. The van der Waals surface area contributed by atoms with E-state index in [9.17, 15) is 29.3 Å². The number of phosphoric ester groups is 1. The Morgan fingerprint density at radius 1 is 0.550 bits per heavy atom. The van der Waals surface area contributed by atoms with Crippen molar-refractivity contribution in [3.8, 4) is 0 Å². The average molecular weight is 863 g/mol. The molecule has 60 heavy (non-hydrogen) atoms. The molecule has 11 nitrogen and oxygen atoms in total. The lowest BCUT2D eigenvalue weighted by Crippen LogP contribution is -2.29. The molecule has 0 rings (SSSR count). The molecule has 4 atom stereocenters. The van der Waals surface area contributed by atoms with Gasteiger partial charge in [0, 0.05) is 12.8 Å². The molecule has 0 aromatic heterocycles. The number of carbonyl (C=O) groups excluding carboxylic acids is 2. The fraction of sp³-hybridized carbons (Fsp3) is 0.625. The van der Waals surface area contributed by atoms with Crippen molar-refractivity contribution in [2.75, 3.05) is 26.4 Å². The van der Waals surface area contributed by atoms with Crippen LogP contribution in [0.2, 0.25) is 0 Å². The minimum atomic E-state index is -4.66. The Labute approximate surface area is 362 Å². The van der Waals surface area contributed by atoms with Crippen LogP contribution in [-0.2, 0) is 32.7 Å². The molecule has 12 heteroatoms. The lowest BCUT2D eigenvalue weighted by atomic mass is 10.1. The highest BCUT2D eigenvalue weighted by Crippen LogP contribution is 2.43. The first-order chi connectivity index (χ1) is 29.1. The van der Waals surface area contributed by atoms with Crippen molar-refractivity contribution in [2.24, 2.45) is 0 Å². The van der Waals surface area contributed by atoms with E-state index >= 15 is 0 Å². The van der Waals surface area contributed by atoms with Gasteiger partial charge in [0.15, 0.2) is 6.10 Å². The molecule has 0 spiro atoms. The molecule has 0 bridgehead atoms. The number of unbranched alkanes of at least 4 members (excludes halogenated alkanes) is 8.